The topological polar surface area (TPSA) is 32.9 Å². The summed E-state index contributed by atoms with van der Waals surface area (Å²) in [5.41, 5.74) is 2.87. The highest BCUT2D eigenvalue weighted by molar-refractivity contribution is 7.98. The summed E-state index contributed by atoms with van der Waals surface area (Å²) in [4.78, 5) is 18.1. The molecule has 0 radical (unpaired) electrons. The molecule has 21 heavy (non-hydrogen) atoms. The van der Waals surface area contributed by atoms with Crippen LogP contribution in [-0.4, -0.2) is 16.5 Å². The van der Waals surface area contributed by atoms with E-state index >= 15 is 0 Å². The molecular formula is C16H12ClNOS2. The maximum absolute atomic E-state index is 12.8. The van der Waals surface area contributed by atoms with Gasteiger partial charge in [-0.3, -0.25) is 4.79 Å². The van der Waals surface area contributed by atoms with E-state index in [1.54, 1.807) is 17.5 Å². The second-order valence-electron chi connectivity index (χ2n) is 5.06. The van der Waals surface area contributed by atoms with Crippen molar-refractivity contribution in [2.45, 2.75) is 12.2 Å². The molecule has 3 heterocycles. The first-order valence-electron chi connectivity index (χ1n) is 6.73. The van der Waals surface area contributed by atoms with Crippen molar-refractivity contribution in [3.05, 3.63) is 56.4 Å². The van der Waals surface area contributed by atoms with Crippen LogP contribution < -0.4 is 0 Å². The number of carbonyl (C=O) groups is 1. The van der Waals surface area contributed by atoms with Crippen LogP contribution in [0.15, 0.2) is 30.5 Å². The van der Waals surface area contributed by atoms with Crippen molar-refractivity contribution in [3.63, 3.8) is 0 Å². The van der Waals surface area contributed by atoms with E-state index in [4.69, 9.17) is 11.6 Å². The summed E-state index contributed by atoms with van der Waals surface area (Å²) in [6.45, 7) is 0. The van der Waals surface area contributed by atoms with Crippen LogP contribution in [0.4, 0.5) is 0 Å². The van der Waals surface area contributed by atoms with Gasteiger partial charge in [-0.05, 0) is 29.9 Å². The van der Waals surface area contributed by atoms with Crippen LogP contribution >= 0.6 is 34.7 Å². The van der Waals surface area contributed by atoms with Gasteiger partial charge in [-0.25, -0.2) is 0 Å². The Balaban J connectivity index is 1.79. The maximum atomic E-state index is 12.8. The number of aromatic nitrogens is 1. The van der Waals surface area contributed by atoms with Crippen LogP contribution in [0, 0.1) is 0 Å². The zero-order valence-electron chi connectivity index (χ0n) is 11.1. The molecule has 0 spiro atoms. The summed E-state index contributed by atoms with van der Waals surface area (Å²) in [7, 11) is 0. The van der Waals surface area contributed by atoms with Gasteiger partial charge in [0.25, 0.3) is 0 Å². The number of nitrogens with one attached hydrogen (secondary N) is 1. The quantitative estimate of drug-likeness (QED) is 0.676. The van der Waals surface area contributed by atoms with Gasteiger partial charge in [-0.2, -0.15) is 11.8 Å². The number of benzene rings is 1. The maximum Gasteiger partial charge on any atom is 0.205 e. The summed E-state index contributed by atoms with van der Waals surface area (Å²) >= 11 is 9.74. The van der Waals surface area contributed by atoms with Crippen molar-refractivity contribution >= 4 is 51.4 Å². The average molecular weight is 334 g/mol. The third kappa shape index (κ3) is 2.22. The number of rotatable bonds is 2. The van der Waals surface area contributed by atoms with Crippen LogP contribution in [0.25, 0.3) is 10.9 Å². The van der Waals surface area contributed by atoms with Crippen LogP contribution in [0.2, 0.25) is 5.02 Å². The number of H-pyrrole nitrogens is 1. The van der Waals surface area contributed by atoms with E-state index in [1.807, 2.05) is 30.0 Å². The van der Waals surface area contributed by atoms with Crippen molar-refractivity contribution in [3.8, 4) is 0 Å². The summed E-state index contributed by atoms with van der Waals surface area (Å²) in [5, 5.41) is 1.54. The molecule has 2 nitrogen and oxygen atoms in total. The Morgan fingerprint density at radius 2 is 2.24 bits per heavy atom. The van der Waals surface area contributed by atoms with Crippen LogP contribution in [0.3, 0.4) is 0 Å². The van der Waals surface area contributed by atoms with Crippen molar-refractivity contribution in [2.24, 2.45) is 0 Å². The Morgan fingerprint density at radius 1 is 1.33 bits per heavy atom. The largest absolute Gasteiger partial charge is 0.359 e. The smallest absolute Gasteiger partial charge is 0.205 e. The number of fused-ring (bicyclic) bond motifs is 2. The first-order valence-corrected chi connectivity index (χ1v) is 9.08. The zero-order chi connectivity index (χ0) is 14.4. The van der Waals surface area contributed by atoms with E-state index in [9.17, 15) is 4.79 Å². The van der Waals surface area contributed by atoms with Gasteiger partial charge in [0, 0.05) is 27.8 Å². The molecular weight excluding hydrogens is 322 g/mol. The molecule has 1 aliphatic heterocycles. The predicted octanol–water partition coefficient (Wildman–Crippen LogP) is 4.90. The van der Waals surface area contributed by atoms with Crippen molar-refractivity contribution in [2.75, 3.05) is 5.75 Å². The lowest BCUT2D eigenvalue weighted by Crippen LogP contribution is -1.97. The first kappa shape index (κ1) is 13.4. The van der Waals surface area contributed by atoms with E-state index in [2.05, 4.69) is 11.1 Å². The van der Waals surface area contributed by atoms with Gasteiger partial charge in [-0.1, -0.05) is 23.7 Å². The number of hydrogen-bond acceptors (Lipinski definition) is 3. The van der Waals surface area contributed by atoms with Crippen LogP contribution in [0.1, 0.15) is 25.7 Å². The molecule has 0 saturated heterocycles. The van der Waals surface area contributed by atoms with E-state index in [0.29, 0.717) is 10.6 Å². The fourth-order valence-corrected chi connectivity index (χ4v) is 5.25. The molecule has 1 aliphatic rings. The molecule has 2 aromatic heterocycles. The molecule has 4 rings (SSSR count). The Hall–Kier alpha value is -1.23. The van der Waals surface area contributed by atoms with Gasteiger partial charge in [0.2, 0.25) is 5.78 Å². The Morgan fingerprint density at radius 3 is 3.10 bits per heavy atom. The molecule has 1 aromatic carbocycles. The van der Waals surface area contributed by atoms with Gasteiger partial charge in [0.1, 0.15) is 0 Å². The minimum atomic E-state index is 0.0907. The third-order valence-electron chi connectivity index (χ3n) is 3.76. The van der Waals surface area contributed by atoms with Gasteiger partial charge in [0.05, 0.1) is 15.4 Å². The fourth-order valence-electron chi connectivity index (χ4n) is 2.70. The van der Waals surface area contributed by atoms with Crippen molar-refractivity contribution < 1.29 is 4.79 Å². The molecule has 106 valence electrons. The summed E-state index contributed by atoms with van der Waals surface area (Å²) < 4.78 is 0. The van der Waals surface area contributed by atoms with E-state index < -0.39 is 0 Å². The molecule has 0 saturated carbocycles. The molecule has 5 heteroatoms. The van der Waals surface area contributed by atoms with Crippen molar-refractivity contribution in [1.82, 2.24) is 4.98 Å². The lowest BCUT2D eigenvalue weighted by molar-refractivity contribution is 0.104. The highest BCUT2D eigenvalue weighted by atomic mass is 35.5. The number of halogens is 1. The molecule has 0 unspecified atom stereocenters. The third-order valence-corrected chi connectivity index (χ3v) is 6.32. The highest BCUT2D eigenvalue weighted by Gasteiger charge is 2.21. The Kier molecular flexibility index (Phi) is 3.32. The summed E-state index contributed by atoms with van der Waals surface area (Å²) in [5.74, 6) is 2.27. The van der Waals surface area contributed by atoms with E-state index in [-0.39, 0.29) is 5.78 Å². The summed E-state index contributed by atoms with van der Waals surface area (Å²) in [6, 6.07) is 7.72. The molecule has 0 amide bonds. The first-order chi connectivity index (χ1) is 10.2. The van der Waals surface area contributed by atoms with Crippen LogP contribution in [-0.2, 0) is 12.2 Å². The molecule has 0 fully saturated rings. The Labute approximate surface area is 135 Å². The average Bonchev–Trinajstić information content (AvgIpc) is 3.11. The molecule has 3 aromatic rings. The lowest BCUT2D eigenvalue weighted by atomic mass is 10.1. The van der Waals surface area contributed by atoms with Crippen molar-refractivity contribution in [1.29, 1.82) is 0 Å². The van der Waals surface area contributed by atoms with Gasteiger partial charge in [0.15, 0.2) is 0 Å². The fraction of sp³-hybridized carbons (Fsp3) is 0.188. The number of thiophene rings is 1. The number of carbonyl (C=O) groups excluding carboxylic acids is 1. The number of hydrogen-bond donors (Lipinski definition) is 1. The minimum Gasteiger partial charge on any atom is -0.359 e. The van der Waals surface area contributed by atoms with Crippen LogP contribution in [0.5, 0.6) is 0 Å². The normalized spacial score (nSPS) is 14.3. The van der Waals surface area contributed by atoms with E-state index in [0.717, 1.165) is 33.7 Å². The number of aromatic amines is 1. The number of thioether (sulfide) groups is 1. The SMILES string of the molecule is O=C(c1cc2c(s1)CCSC2)c1c[nH]c2c(Cl)cccc12. The molecule has 0 atom stereocenters. The predicted molar refractivity (Wildman–Crippen MR) is 90.9 cm³/mol. The number of ketones is 1. The standard InChI is InChI=1S/C16H12ClNOS2/c17-12-3-1-2-10-11(7-18-15(10)12)16(19)14-6-9-8-20-5-4-13(9)21-14/h1-3,6-7,18H,4-5,8H2. The Bertz CT molecular complexity index is 826. The number of para-hydroxylation sites is 1. The van der Waals surface area contributed by atoms with Gasteiger partial charge >= 0.3 is 0 Å². The van der Waals surface area contributed by atoms with E-state index in [1.165, 1.54) is 10.4 Å². The summed E-state index contributed by atoms with van der Waals surface area (Å²) in [6.07, 6.45) is 2.85. The number of aryl methyl sites for hydroxylation is 1. The lowest BCUT2D eigenvalue weighted by Gasteiger charge is -2.08. The van der Waals surface area contributed by atoms with Gasteiger partial charge in [-0.15, -0.1) is 11.3 Å². The second kappa shape index (κ2) is 5.20. The van der Waals surface area contributed by atoms with Gasteiger partial charge < -0.3 is 4.98 Å². The molecule has 0 bridgehead atoms. The minimum absolute atomic E-state index is 0.0907. The monoisotopic (exact) mass is 333 g/mol. The second-order valence-corrected chi connectivity index (χ2v) is 7.70. The zero-order valence-corrected chi connectivity index (χ0v) is 13.5. The molecule has 1 N–H and O–H groups in total. The molecule has 0 aliphatic carbocycles. The highest BCUT2D eigenvalue weighted by Crippen LogP contribution is 2.34.